The molecule has 0 spiro atoms. The molecule has 0 N–H and O–H groups in total. The lowest BCUT2D eigenvalue weighted by Crippen LogP contribution is -2.63. The maximum atomic E-state index is 2.85. The highest BCUT2D eigenvalue weighted by Gasteiger charge is 2.59. The van der Waals surface area contributed by atoms with Gasteiger partial charge >= 0.3 is 0 Å². The van der Waals surface area contributed by atoms with Crippen molar-refractivity contribution in [2.45, 2.75) is 225 Å². The lowest BCUT2D eigenvalue weighted by atomic mass is 9.30. The minimum Gasteiger partial charge on any atom is -0.311 e. The highest BCUT2D eigenvalue weighted by atomic mass is 15.2. The first-order valence-electron chi connectivity index (χ1n) is 33.6. The first-order valence-corrected chi connectivity index (χ1v) is 33.6. The Morgan fingerprint density at radius 2 is 1.15 bits per heavy atom. The van der Waals surface area contributed by atoms with Gasteiger partial charge in [0.25, 0.3) is 0 Å². The summed E-state index contributed by atoms with van der Waals surface area (Å²) >= 11 is 0. The Morgan fingerprint density at radius 1 is 0.488 bits per heavy atom. The first-order chi connectivity index (χ1) is 40.7. The van der Waals surface area contributed by atoms with Crippen molar-refractivity contribution in [3.63, 3.8) is 0 Å². The third kappa shape index (κ3) is 7.03. The first kappa shape index (κ1) is 55.0. The number of nitrogens with zero attached hydrogens (tertiary/aromatic N) is 1. The van der Waals surface area contributed by atoms with Gasteiger partial charge in [0.2, 0.25) is 6.71 Å². The lowest BCUT2D eigenvalue weighted by Gasteiger charge is -2.51. The van der Waals surface area contributed by atoms with Crippen LogP contribution in [-0.2, 0) is 50.7 Å². The fourth-order valence-corrected chi connectivity index (χ4v) is 20.7. The summed E-state index contributed by atoms with van der Waals surface area (Å²) in [6, 6.07) is 55.5. The van der Waals surface area contributed by atoms with E-state index in [9.17, 15) is 0 Å². The summed E-state index contributed by atoms with van der Waals surface area (Å²) < 4.78 is 0. The van der Waals surface area contributed by atoms with E-state index in [1.54, 1.807) is 38.8 Å². The Kier molecular flexibility index (Phi) is 11.3. The number of hydrogen-bond acceptors (Lipinski definition) is 1. The molecule has 1 fully saturated rings. The van der Waals surface area contributed by atoms with Crippen LogP contribution in [-0.4, -0.2) is 6.71 Å². The second-order valence-electron chi connectivity index (χ2n) is 33.1. The molecule has 5 aliphatic carbocycles. The summed E-state index contributed by atoms with van der Waals surface area (Å²) in [5, 5.41) is 0. The molecular weight excluding hydrogens is 1030 g/mol. The average molecular weight is 1130 g/mol. The number of rotatable bonds is 6. The Bertz CT molecular complexity index is 4280. The molecule has 0 radical (unpaired) electrons. The monoisotopic (exact) mass is 1130 g/mol. The van der Waals surface area contributed by atoms with Crippen LogP contribution in [0.1, 0.15) is 260 Å². The standard InChI is InChI=1S/C84H92BN/c1-49-43-65-66(79(8,9)41-40-78(65,6)7)45-52(49)32-34-54-58-47-67-68(81(12,13)63-28-20-19-27-62(63)80(67,10)11)48-70(58)85-69-37-31-51(30-36-60-57-35-33-53(77(3,4)5)46-64(57)83(15)39-22-21-38-82(60,83)14)44-72(69)86-71-29-23-25-56-55-24-17-18-26-61(55)84(16,74(56)71)73-50(2)42-59(54)75(85)76(73)86/h17-20,23-29,31,33,35,37,42-48,54,60H,21-22,30,32,34,36,38-41H2,1-16H3. The van der Waals surface area contributed by atoms with Crippen molar-refractivity contribution in [2.75, 3.05) is 4.90 Å². The molecule has 0 aromatic heterocycles. The van der Waals surface area contributed by atoms with Crippen molar-refractivity contribution in [3.05, 3.63) is 234 Å². The smallest absolute Gasteiger partial charge is 0.247 e. The van der Waals surface area contributed by atoms with Crippen LogP contribution in [0.5, 0.6) is 0 Å². The number of benzene rings is 8. The summed E-state index contributed by atoms with van der Waals surface area (Å²) in [7, 11) is 0. The summed E-state index contributed by atoms with van der Waals surface area (Å²) in [5.74, 6) is 0.729. The van der Waals surface area contributed by atoms with Gasteiger partial charge in [-0.2, -0.15) is 0 Å². The van der Waals surface area contributed by atoms with Crippen LogP contribution >= 0.6 is 0 Å². The largest absolute Gasteiger partial charge is 0.311 e. The van der Waals surface area contributed by atoms with Gasteiger partial charge in [-0.25, -0.2) is 0 Å². The van der Waals surface area contributed by atoms with Crippen molar-refractivity contribution < 1.29 is 0 Å². The second-order valence-corrected chi connectivity index (χ2v) is 33.1. The molecule has 1 nitrogen and oxygen atoms in total. The highest BCUT2D eigenvalue weighted by molar-refractivity contribution is 6.99. The SMILES string of the molecule is Cc1cc2c(cc1CCC1c3cc4c(cc3B3c5ccc(CCC6c7ccc(C(C)(C)C)cc7C7(C)CCCCC67C)cc5N5c6cccc7c6C(C)(c6ccccc6-7)c6c(C)cc1c3c65)C(C)(C)c1ccccc1C4(C)C)C(C)(C)CCC2(C)C. The number of aryl methyl sites for hydroxylation is 4. The van der Waals surface area contributed by atoms with Crippen LogP contribution in [0.4, 0.5) is 17.1 Å². The van der Waals surface area contributed by atoms with Gasteiger partial charge in [0.1, 0.15) is 0 Å². The molecule has 3 aliphatic heterocycles. The lowest BCUT2D eigenvalue weighted by molar-refractivity contribution is 0.0763. The van der Waals surface area contributed by atoms with Gasteiger partial charge < -0.3 is 4.90 Å². The topological polar surface area (TPSA) is 3.24 Å². The van der Waals surface area contributed by atoms with Gasteiger partial charge in [0, 0.05) is 33.5 Å². The third-order valence-electron chi connectivity index (χ3n) is 25.9. The molecule has 5 atom stereocenters. The van der Waals surface area contributed by atoms with E-state index in [1.807, 2.05) is 0 Å². The van der Waals surface area contributed by atoms with Gasteiger partial charge in [-0.15, -0.1) is 0 Å². The molecule has 86 heavy (non-hydrogen) atoms. The van der Waals surface area contributed by atoms with E-state index in [1.165, 1.54) is 144 Å². The zero-order valence-electron chi connectivity index (χ0n) is 55.0. The van der Waals surface area contributed by atoms with E-state index >= 15 is 0 Å². The van der Waals surface area contributed by atoms with Crippen LogP contribution in [0, 0.1) is 19.3 Å². The zero-order valence-corrected chi connectivity index (χ0v) is 55.0. The van der Waals surface area contributed by atoms with E-state index < -0.39 is 0 Å². The van der Waals surface area contributed by atoms with Crippen LogP contribution in [0.15, 0.2) is 133 Å². The van der Waals surface area contributed by atoms with E-state index in [0.29, 0.717) is 5.92 Å². The maximum absolute atomic E-state index is 2.85. The highest BCUT2D eigenvalue weighted by Crippen LogP contribution is 2.68. The normalized spacial score (nSPS) is 25.3. The van der Waals surface area contributed by atoms with Crippen LogP contribution < -0.4 is 21.3 Å². The van der Waals surface area contributed by atoms with E-state index in [-0.39, 0.29) is 56.0 Å². The van der Waals surface area contributed by atoms with Crippen LogP contribution in [0.25, 0.3) is 11.1 Å². The molecule has 0 saturated heterocycles. The molecule has 16 rings (SSSR count). The summed E-state index contributed by atoms with van der Waals surface area (Å²) in [5.41, 5.74) is 39.1. The maximum Gasteiger partial charge on any atom is 0.247 e. The number of hydrogen-bond donors (Lipinski definition) is 0. The van der Waals surface area contributed by atoms with E-state index in [4.69, 9.17) is 0 Å². The molecule has 8 aromatic carbocycles. The molecular formula is C84H92BN. The fraction of sp³-hybridized carbons (Fsp3) is 0.429. The molecule has 1 saturated carbocycles. The van der Waals surface area contributed by atoms with Gasteiger partial charge in [-0.1, -0.05) is 230 Å². The summed E-state index contributed by atoms with van der Waals surface area (Å²) in [6.45, 7) is 40.2. The van der Waals surface area contributed by atoms with Crippen LogP contribution in [0.3, 0.4) is 0 Å². The fourth-order valence-electron chi connectivity index (χ4n) is 20.7. The average Bonchev–Trinajstić information content (AvgIpc) is 1.19. The Morgan fingerprint density at radius 3 is 1.87 bits per heavy atom. The summed E-state index contributed by atoms with van der Waals surface area (Å²) in [4.78, 5) is 2.85. The Balaban J connectivity index is 0.918. The van der Waals surface area contributed by atoms with Gasteiger partial charge in [0.05, 0.1) is 5.69 Å². The third-order valence-corrected chi connectivity index (χ3v) is 25.9. The predicted octanol–water partition coefficient (Wildman–Crippen LogP) is 19.5. The second kappa shape index (κ2) is 17.7. The number of fused-ring (bicyclic) bond motifs is 16. The zero-order chi connectivity index (χ0) is 59.9. The predicted molar refractivity (Wildman–Crippen MR) is 365 cm³/mol. The Hall–Kier alpha value is -6.38. The molecule has 8 aromatic rings. The van der Waals surface area contributed by atoms with Gasteiger partial charge in [-0.3, -0.25) is 0 Å². The summed E-state index contributed by atoms with van der Waals surface area (Å²) in [6.07, 6.45) is 12.0. The molecule has 8 aliphatic rings. The Labute approximate surface area is 517 Å². The molecule has 5 unspecified atom stereocenters. The minimum absolute atomic E-state index is 0.0753. The van der Waals surface area contributed by atoms with Crippen molar-refractivity contribution in [2.24, 2.45) is 5.41 Å². The van der Waals surface area contributed by atoms with Crippen molar-refractivity contribution in [1.29, 1.82) is 0 Å². The number of anilines is 3. The van der Waals surface area contributed by atoms with Crippen molar-refractivity contribution in [3.8, 4) is 11.1 Å². The van der Waals surface area contributed by atoms with Crippen LogP contribution in [0.2, 0.25) is 0 Å². The molecule has 3 heterocycles. The van der Waals surface area contributed by atoms with Crippen molar-refractivity contribution >= 4 is 40.2 Å². The molecule has 2 heteroatoms. The molecule has 436 valence electrons. The van der Waals surface area contributed by atoms with Crippen molar-refractivity contribution in [1.82, 2.24) is 0 Å². The molecule has 0 bridgehead atoms. The van der Waals surface area contributed by atoms with E-state index in [0.717, 1.165) is 25.7 Å². The quantitative estimate of drug-likeness (QED) is 0.150. The van der Waals surface area contributed by atoms with E-state index in [2.05, 4.69) is 249 Å². The van der Waals surface area contributed by atoms with Gasteiger partial charge in [0.15, 0.2) is 0 Å². The molecule has 0 amide bonds. The van der Waals surface area contributed by atoms with Gasteiger partial charge in [-0.05, 0) is 239 Å². The minimum atomic E-state index is -0.319.